The first-order valence-corrected chi connectivity index (χ1v) is 26.7. The van der Waals surface area contributed by atoms with Crippen LogP contribution in [-0.4, -0.2) is 285 Å². The molecule has 5 amide bonds. The second-order valence-corrected chi connectivity index (χ2v) is 18.6. The van der Waals surface area contributed by atoms with Crippen LogP contribution in [0, 0.1) is 0 Å². The number of nitrogens with one attached hydrogen (secondary N) is 3. The molecule has 0 saturated carbocycles. The lowest BCUT2D eigenvalue weighted by molar-refractivity contribution is -0.151. The van der Waals surface area contributed by atoms with Gasteiger partial charge in [0.15, 0.2) is 0 Å². The van der Waals surface area contributed by atoms with Crippen LogP contribution in [0.5, 0.6) is 0 Å². The number of thiocarbonyl (C=S) groups is 2. The molecule has 2 rings (SSSR count). The Morgan fingerprint density at radius 3 is 1.11 bits per heavy atom. The predicted molar refractivity (Wildman–Crippen MR) is 280 cm³/mol. The summed E-state index contributed by atoms with van der Waals surface area (Å²) in [5, 5.41) is 7.52. The molecule has 0 bridgehead atoms. The van der Waals surface area contributed by atoms with Gasteiger partial charge in [-0.3, -0.25) is 38.8 Å². The topological polar surface area (TPSA) is 313 Å². The van der Waals surface area contributed by atoms with Crippen LogP contribution in [0.3, 0.4) is 0 Å². The molecule has 0 aromatic heterocycles. The van der Waals surface area contributed by atoms with Crippen LogP contribution in [-0.2, 0) is 90.4 Å². The molecule has 28 nitrogen and oxygen atoms in total. The zero-order valence-corrected chi connectivity index (χ0v) is 46.8. The molecule has 434 valence electrons. The number of carbonyl (C=O) groups excluding carboxylic acids is 9. The molecule has 32 heteroatoms. The highest BCUT2D eigenvalue weighted by atomic mass is 32.2. The smallest absolute Gasteiger partial charge is 0.406 e. The summed E-state index contributed by atoms with van der Waals surface area (Å²) < 4.78 is 61.8. The Labute approximate surface area is 461 Å². The third-order valence-electron chi connectivity index (χ3n) is 9.36. The molecule has 0 atom stereocenters. The number of nitrogens with zero attached hydrogens (tertiary/aromatic N) is 4. The fraction of sp³-hybridized carbons (Fsp3) is 0.750. The van der Waals surface area contributed by atoms with Crippen molar-refractivity contribution in [1.29, 1.82) is 0 Å². The molecule has 76 heavy (non-hydrogen) atoms. The van der Waals surface area contributed by atoms with Gasteiger partial charge >= 0.3 is 36.1 Å². The lowest BCUT2D eigenvalue weighted by atomic mass is 10.4. The molecule has 2 aliphatic heterocycles. The van der Waals surface area contributed by atoms with Crippen molar-refractivity contribution in [3.8, 4) is 0 Å². The van der Waals surface area contributed by atoms with E-state index in [1.54, 1.807) is 14.7 Å². The number of hydrogen-bond acceptors (Lipinski definition) is 27. The van der Waals surface area contributed by atoms with Crippen molar-refractivity contribution < 1.29 is 100.0 Å². The van der Waals surface area contributed by atoms with Crippen LogP contribution in [0.2, 0.25) is 0 Å². The summed E-state index contributed by atoms with van der Waals surface area (Å²) in [6.45, 7) is 7.37. The molecule has 0 aliphatic carbocycles. The van der Waals surface area contributed by atoms with Crippen LogP contribution in [0.4, 0.5) is 9.59 Å². The summed E-state index contributed by atoms with van der Waals surface area (Å²) in [7, 11) is 2.53. The highest BCUT2D eigenvalue weighted by Crippen LogP contribution is 2.19. The maximum absolute atomic E-state index is 12.7. The minimum atomic E-state index is -0.585. The lowest BCUT2D eigenvalue weighted by Crippen LogP contribution is -2.43. The second kappa shape index (κ2) is 45.4. The first kappa shape index (κ1) is 69.4. The lowest BCUT2D eigenvalue weighted by Gasteiger charge is -2.24. The Balaban J connectivity index is 0.000000787. The third kappa shape index (κ3) is 38.0. The molecule has 2 fully saturated rings. The van der Waals surface area contributed by atoms with Gasteiger partial charge in [0, 0.05) is 84.3 Å². The number of thioether (sulfide) groups is 2. The van der Waals surface area contributed by atoms with Gasteiger partial charge in [0.2, 0.25) is 17.7 Å². The number of amides is 5. The average Bonchev–Trinajstić information content (AvgIpc) is 4.03. The molecule has 0 radical (unpaired) electrons. The Morgan fingerprint density at radius 1 is 0.474 bits per heavy atom. The molecule has 0 spiro atoms. The van der Waals surface area contributed by atoms with Crippen molar-refractivity contribution in [1.82, 2.24) is 35.6 Å². The molecule has 0 aromatic carbocycles. The van der Waals surface area contributed by atoms with E-state index in [2.05, 4.69) is 25.4 Å². The van der Waals surface area contributed by atoms with E-state index in [1.807, 2.05) is 0 Å². The zero-order chi connectivity index (χ0) is 56.2. The molecule has 3 N–H and O–H groups in total. The summed E-state index contributed by atoms with van der Waals surface area (Å²) >= 11 is 13.3. The normalized spacial score (nSPS) is 12.9. The van der Waals surface area contributed by atoms with Crippen LogP contribution in [0.15, 0.2) is 0 Å². The van der Waals surface area contributed by atoms with Gasteiger partial charge in [-0.05, 0) is 0 Å². The second-order valence-electron chi connectivity index (χ2n) is 15.2. The largest absolute Gasteiger partial charge is 0.465 e. The zero-order valence-electron chi connectivity index (χ0n) is 43.5. The first-order chi connectivity index (χ1) is 36.6. The van der Waals surface area contributed by atoms with E-state index in [1.165, 1.54) is 56.5 Å². The number of ether oxygens (including phenoxy) is 12. The molecular formula is C44H73N7O21S4. The number of esters is 4. The van der Waals surface area contributed by atoms with Gasteiger partial charge in [0.05, 0.1) is 86.8 Å². The van der Waals surface area contributed by atoms with Gasteiger partial charge in [-0.2, -0.15) is 0 Å². The fourth-order valence-electron chi connectivity index (χ4n) is 5.66. The number of hydrogen-bond donors (Lipinski definition) is 3. The average molecular weight is 1160 g/mol. The Morgan fingerprint density at radius 2 is 0.803 bits per heavy atom. The van der Waals surface area contributed by atoms with E-state index >= 15 is 0 Å². The van der Waals surface area contributed by atoms with Crippen molar-refractivity contribution in [2.75, 3.05) is 203 Å². The molecule has 0 unspecified atom stereocenters. The van der Waals surface area contributed by atoms with Gasteiger partial charge in [-0.15, -0.1) is 0 Å². The fourth-order valence-corrected chi connectivity index (χ4v) is 8.14. The van der Waals surface area contributed by atoms with Crippen LogP contribution in [0.1, 0.15) is 13.8 Å². The third-order valence-corrected chi connectivity index (χ3v) is 12.2. The summed E-state index contributed by atoms with van der Waals surface area (Å²) in [5.41, 5.74) is 0. The number of alkyl carbamates (subject to hydrolysis) is 2. The van der Waals surface area contributed by atoms with E-state index in [-0.39, 0.29) is 156 Å². The predicted octanol–water partition coefficient (Wildman–Crippen LogP) is -1.56. The quantitative estimate of drug-likeness (QED) is 0.0270. The molecule has 0 aromatic rings. The Bertz CT molecular complexity index is 1800. The number of methoxy groups -OCH3 is 2. The van der Waals surface area contributed by atoms with E-state index in [0.717, 1.165) is 11.5 Å². The van der Waals surface area contributed by atoms with Gasteiger partial charge in [-0.1, -0.05) is 48.0 Å². The summed E-state index contributed by atoms with van der Waals surface area (Å²) in [6, 6.07) is 0. The van der Waals surface area contributed by atoms with E-state index < -0.39 is 36.1 Å². The minimum Gasteiger partial charge on any atom is -0.465 e. The highest BCUT2D eigenvalue weighted by Gasteiger charge is 2.27. The molecule has 2 saturated heterocycles. The SMILES string of the molecule is COC(=O)NCCOCCOCC(=O)OCCN(CCOC(=O)COCCOCCNC(C)=O)CC(=O)N1CCSC1=S.COC(=O)NCCOCCOCC(=O)OCCN(CCOC(C)=O)CC(=O)N1CCSC1=S. The van der Waals surface area contributed by atoms with Crippen molar-refractivity contribution in [2.45, 2.75) is 13.8 Å². The van der Waals surface area contributed by atoms with Crippen molar-refractivity contribution in [3.63, 3.8) is 0 Å². The van der Waals surface area contributed by atoms with Gasteiger partial charge in [0.1, 0.15) is 54.9 Å². The Hall–Kier alpha value is -4.61. The summed E-state index contributed by atoms with van der Waals surface area (Å²) in [4.78, 5) is 111. The van der Waals surface area contributed by atoms with Crippen molar-refractivity contribution >= 4 is 110 Å². The van der Waals surface area contributed by atoms with Crippen LogP contribution < -0.4 is 16.0 Å². The number of rotatable bonds is 40. The summed E-state index contributed by atoms with van der Waals surface area (Å²) in [6.07, 6.45) is -1.09. The molecule has 2 aliphatic rings. The Kier molecular flexibility index (Phi) is 41.5. The molecular weight excluding hydrogens is 1090 g/mol. The standard InChI is InChI=1S/C25H42N4O12S2.C19H31N3O9S2/c1-20(30)26-3-8-36-12-14-38-18-22(32)40-10-5-28(17-21(31)29-7-16-43-25(29)42)6-11-41-23(33)19-39-15-13-37-9-4-27-24(34)35-2;1-15(23)30-8-4-21(13-16(24)22-6-12-33-19(22)32)5-9-31-17(25)14-29-11-10-28-7-3-20-18(26)27-2/h3-19H2,1-2H3,(H,26,30)(H,27,34);3-14H2,1-2H3,(H,20,26). The van der Waals surface area contributed by atoms with Crippen molar-refractivity contribution in [2.24, 2.45) is 0 Å². The maximum atomic E-state index is 12.7. The van der Waals surface area contributed by atoms with Gasteiger partial charge < -0.3 is 72.8 Å². The maximum Gasteiger partial charge on any atom is 0.406 e. The van der Waals surface area contributed by atoms with Crippen molar-refractivity contribution in [3.05, 3.63) is 0 Å². The van der Waals surface area contributed by atoms with Crippen LogP contribution >= 0.6 is 48.0 Å². The van der Waals surface area contributed by atoms with E-state index in [9.17, 15) is 43.2 Å². The monoisotopic (exact) mass is 1160 g/mol. The van der Waals surface area contributed by atoms with Gasteiger partial charge in [-0.25, -0.2) is 24.0 Å². The van der Waals surface area contributed by atoms with Crippen LogP contribution in [0.25, 0.3) is 0 Å². The van der Waals surface area contributed by atoms with E-state index in [4.69, 9.17) is 71.8 Å². The highest BCUT2D eigenvalue weighted by molar-refractivity contribution is 8.23. The first-order valence-electron chi connectivity index (χ1n) is 23.9. The van der Waals surface area contributed by atoms with E-state index in [0.29, 0.717) is 48.0 Å². The van der Waals surface area contributed by atoms with Gasteiger partial charge in [0.25, 0.3) is 0 Å². The summed E-state index contributed by atoms with van der Waals surface area (Å²) in [5.74, 6) is -1.11. The minimum absolute atomic E-state index is 0.000793. The molecule has 2 heterocycles. The number of carbonyl (C=O) groups is 9.